The summed E-state index contributed by atoms with van der Waals surface area (Å²) in [6, 6.07) is 8.36. The molecule has 0 aromatic heterocycles. The summed E-state index contributed by atoms with van der Waals surface area (Å²) >= 11 is 0. The number of benzene rings is 1. The van der Waals surface area contributed by atoms with Crippen LogP contribution in [0.25, 0.3) is 0 Å². The maximum atomic E-state index is 5.78. The van der Waals surface area contributed by atoms with Crippen LogP contribution in [0.5, 0.6) is 5.75 Å². The highest BCUT2D eigenvalue weighted by Crippen LogP contribution is 2.30. The van der Waals surface area contributed by atoms with Crippen molar-refractivity contribution in [3.05, 3.63) is 29.8 Å². The first-order chi connectivity index (χ1) is 8.99. The molecule has 0 saturated carbocycles. The SMILES string of the molecule is CC(C)Oc1ccc(C(C)C(C)C(CN)CN)cc1. The van der Waals surface area contributed by atoms with E-state index in [0.717, 1.165) is 5.75 Å². The first-order valence-electron chi connectivity index (χ1n) is 7.16. The van der Waals surface area contributed by atoms with Crippen molar-refractivity contribution in [1.82, 2.24) is 0 Å². The second kappa shape index (κ2) is 7.51. The lowest BCUT2D eigenvalue weighted by molar-refractivity contribution is 0.242. The van der Waals surface area contributed by atoms with Crippen molar-refractivity contribution in [1.29, 1.82) is 0 Å². The van der Waals surface area contributed by atoms with Crippen molar-refractivity contribution in [2.24, 2.45) is 23.3 Å². The Hall–Kier alpha value is -1.06. The molecule has 0 saturated heterocycles. The molecule has 2 unspecified atom stereocenters. The third kappa shape index (κ3) is 4.51. The summed E-state index contributed by atoms with van der Waals surface area (Å²) in [5.74, 6) is 2.23. The highest BCUT2D eigenvalue weighted by molar-refractivity contribution is 5.29. The molecule has 0 fully saturated rings. The maximum absolute atomic E-state index is 5.78. The molecule has 0 aliphatic carbocycles. The van der Waals surface area contributed by atoms with Gasteiger partial charge in [0.05, 0.1) is 6.10 Å². The van der Waals surface area contributed by atoms with Crippen molar-refractivity contribution in [2.75, 3.05) is 13.1 Å². The van der Waals surface area contributed by atoms with Gasteiger partial charge < -0.3 is 16.2 Å². The van der Waals surface area contributed by atoms with Gasteiger partial charge in [-0.2, -0.15) is 0 Å². The van der Waals surface area contributed by atoms with E-state index in [1.165, 1.54) is 5.56 Å². The zero-order chi connectivity index (χ0) is 14.4. The van der Waals surface area contributed by atoms with E-state index in [2.05, 4.69) is 26.0 Å². The molecule has 0 spiro atoms. The Morgan fingerprint density at radius 1 is 0.947 bits per heavy atom. The largest absolute Gasteiger partial charge is 0.491 e. The van der Waals surface area contributed by atoms with E-state index in [-0.39, 0.29) is 6.10 Å². The zero-order valence-corrected chi connectivity index (χ0v) is 12.6. The Morgan fingerprint density at radius 3 is 1.89 bits per heavy atom. The monoisotopic (exact) mass is 264 g/mol. The van der Waals surface area contributed by atoms with E-state index in [1.807, 2.05) is 26.0 Å². The van der Waals surface area contributed by atoms with Crippen molar-refractivity contribution in [3.63, 3.8) is 0 Å². The molecular weight excluding hydrogens is 236 g/mol. The van der Waals surface area contributed by atoms with Gasteiger partial charge in [-0.1, -0.05) is 26.0 Å². The zero-order valence-electron chi connectivity index (χ0n) is 12.6. The molecule has 0 bridgehead atoms. The first kappa shape index (κ1) is 16.0. The first-order valence-corrected chi connectivity index (χ1v) is 7.16. The Balaban J connectivity index is 2.74. The third-order valence-corrected chi connectivity index (χ3v) is 3.92. The van der Waals surface area contributed by atoms with Gasteiger partial charge in [-0.15, -0.1) is 0 Å². The normalized spacial score (nSPS) is 14.7. The number of rotatable bonds is 7. The lowest BCUT2D eigenvalue weighted by Gasteiger charge is -2.27. The fraction of sp³-hybridized carbons (Fsp3) is 0.625. The minimum atomic E-state index is 0.209. The van der Waals surface area contributed by atoms with Gasteiger partial charge in [-0.3, -0.25) is 0 Å². The highest BCUT2D eigenvalue weighted by Gasteiger charge is 2.21. The molecular formula is C16H28N2O. The molecule has 1 aromatic rings. The standard InChI is InChI=1S/C16H28N2O/c1-11(2)19-16-7-5-14(6-8-16)12(3)13(4)15(9-17)10-18/h5-8,11-13,15H,9-10,17-18H2,1-4H3. The van der Waals surface area contributed by atoms with Crippen LogP contribution < -0.4 is 16.2 Å². The van der Waals surface area contributed by atoms with E-state index in [4.69, 9.17) is 16.2 Å². The van der Waals surface area contributed by atoms with Gasteiger partial charge in [0.15, 0.2) is 0 Å². The van der Waals surface area contributed by atoms with Gasteiger partial charge in [0.1, 0.15) is 5.75 Å². The van der Waals surface area contributed by atoms with Crippen LogP contribution in [0.3, 0.4) is 0 Å². The lowest BCUT2D eigenvalue weighted by Crippen LogP contribution is -2.31. The summed E-state index contributed by atoms with van der Waals surface area (Å²) in [5.41, 5.74) is 12.9. The summed E-state index contributed by atoms with van der Waals surface area (Å²) in [4.78, 5) is 0. The van der Waals surface area contributed by atoms with Crippen molar-refractivity contribution in [2.45, 2.75) is 39.7 Å². The molecule has 0 aliphatic heterocycles. The quantitative estimate of drug-likeness (QED) is 0.796. The average Bonchev–Trinajstić information content (AvgIpc) is 2.39. The second-order valence-corrected chi connectivity index (χ2v) is 5.61. The Morgan fingerprint density at radius 2 is 1.47 bits per heavy atom. The van der Waals surface area contributed by atoms with E-state index < -0.39 is 0 Å². The van der Waals surface area contributed by atoms with Gasteiger partial charge in [0.25, 0.3) is 0 Å². The lowest BCUT2D eigenvalue weighted by atomic mass is 9.80. The molecule has 0 heterocycles. The molecule has 3 nitrogen and oxygen atoms in total. The molecule has 0 radical (unpaired) electrons. The average molecular weight is 264 g/mol. The van der Waals surface area contributed by atoms with Gasteiger partial charge in [0, 0.05) is 0 Å². The minimum absolute atomic E-state index is 0.209. The smallest absolute Gasteiger partial charge is 0.119 e. The van der Waals surface area contributed by atoms with E-state index in [1.54, 1.807) is 0 Å². The summed E-state index contributed by atoms with van der Waals surface area (Å²) in [7, 11) is 0. The molecule has 2 atom stereocenters. The van der Waals surface area contributed by atoms with Gasteiger partial charge in [-0.25, -0.2) is 0 Å². The summed E-state index contributed by atoms with van der Waals surface area (Å²) in [6.45, 7) is 9.83. The van der Waals surface area contributed by atoms with Crippen molar-refractivity contribution in [3.8, 4) is 5.75 Å². The summed E-state index contributed by atoms with van der Waals surface area (Å²) < 4.78 is 5.66. The third-order valence-electron chi connectivity index (χ3n) is 3.92. The highest BCUT2D eigenvalue weighted by atomic mass is 16.5. The fourth-order valence-electron chi connectivity index (χ4n) is 2.36. The van der Waals surface area contributed by atoms with Crippen LogP contribution in [0, 0.1) is 11.8 Å². The van der Waals surface area contributed by atoms with Crippen LogP contribution in [0.2, 0.25) is 0 Å². The summed E-state index contributed by atoms with van der Waals surface area (Å²) in [6.07, 6.45) is 0.209. The fourth-order valence-corrected chi connectivity index (χ4v) is 2.36. The maximum Gasteiger partial charge on any atom is 0.119 e. The van der Waals surface area contributed by atoms with Crippen LogP contribution in [0.4, 0.5) is 0 Å². The van der Waals surface area contributed by atoms with Crippen LogP contribution in [-0.4, -0.2) is 19.2 Å². The van der Waals surface area contributed by atoms with Crippen molar-refractivity contribution >= 4 is 0 Å². The molecule has 108 valence electrons. The molecule has 4 N–H and O–H groups in total. The number of nitrogens with two attached hydrogens (primary N) is 2. The Bertz CT molecular complexity index is 358. The van der Waals surface area contributed by atoms with E-state index in [9.17, 15) is 0 Å². The molecule has 1 rings (SSSR count). The van der Waals surface area contributed by atoms with Crippen LogP contribution in [-0.2, 0) is 0 Å². The van der Waals surface area contributed by atoms with E-state index in [0.29, 0.717) is 30.8 Å². The topological polar surface area (TPSA) is 61.3 Å². The molecule has 0 amide bonds. The van der Waals surface area contributed by atoms with Crippen LogP contribution >= 0.6 is 0 Å². The molecule has 1 aromatic carbocycles. The number of hydrogen-bond donors (Lipinski definition) is 2. The Kier molecular flexibility index (Phi) is 6.32. The van der Waals surface area contributed by atoms with Crippen LogP contribution in [0.1, 0.15) is 39.2 Å². The van der Waals surface area contributed by atoms with Crippen molar-refractivity contribution < 1.29 is 4.74 Å². The van der Waals surface area contributed by atoms with Gasteiger partial charge in [-0.05, 0) is 62.4 Å². The molecule has 0 aliphatic rings. The van der Waals surface area contributed by atoms with E-state index >= 15 is 0 Å². The van der Waals surface area contributed by atoms with Gasteiger partial charge >= 0.3 is 0 Å². The molecule has 3 heteroatoms. The Labute approximate surface area is 117 Å². The second-order valence-electron chi connectivity index (χ2n) is 5.61. The van der Waals surface area contributed by atoms with Crippen LogP contribution in [0.15, 0.2) is 24.3 Å². The predicted molar refractivity (Wildman–Crippen MR) is 81.4 cm³/mol. The minimum Gasteiger partial charge on any atom is -0.491 e. The molecule has 19 heavy (non-hydrogen) atoms. The van der Waals surface area contributed by atoms with Gasteiger partial charge in [0.2, 0.25) is 0 Å². The summed E-state index contributed by atoms with van der Waals surface area (Å²) in [5, 5.41) is 0. The predicted octanol–water partition coefficient (Wildman–Crippen LogP) is 2.75. The number of ether oxygens (including phenoxy) is 1. The number of hydrogen-bond acceptors (Lipinski definition) is 3.